The summed E-state index contributed by atoms with van der Waals surface area (Å²) in [7, 11) is -1.85. The van der Waals surface area contributed by atoms with Gasteiger partial charge in [0.25, 0.3) is 10.0 Å². The molecule has 1 aromatic heterocycles. The van der Waals surface area contributed by atoms with E-state index >= 15 is 0 Å². The van der Waals surface area contributed by atoms with Gasteiger partial charge in [0, 0.05) is 23.9 Å². The number of alkyl halides is 1. The molecule has 3 nitrogen and oxygen atoms in total. The number of hydrogen-bond donors (Lipinski definition) is 0. The fraction of sp³-hybridized carbons (Fsp3) is 0.429. The molecule has 0 fully saturated rings. The van der Waals surface area contributed by atoms with Crippen LogP contribution in [-0.4, -0.2) is 32.2 Å². The predicted octanol–water partition coefficient (Wildman–Crippen LogP) is 2.37. The molecule has 0 aliphatic rings. The Balaban J connectivity index is 3.03. The number of nitrogens with zero attached hydrogens (tertiary/aromatic N) is 1. The topological polar surface area (TPSA) is 37.4 Å². The van der Waals surface area contributed by atoms with Gasteiger partial charge < -0.3 is 0 Å². The standard InChI is InChI=1S/C7H9BrClNO2S2/c1-10(4-3-9)14(11,12)7-6(8)2-5-13-7/h2,5H,3-4H2,1H3. The summed E-state index contributed by atoms with van der Waals surface area (Å²) < 4.78 is 25.9. The van der Waals surface area contributed by atoms with Crippen LogP contribution in [0.1, 0.15) is 0 Å². The summed E-state index contributed by atoms with van der Waals surface area (Å²) in [6, 6.07) is 1.71. The minimum absolute atomic E-state index is 0.290. The van der Waals surface area contributed by atoms with Crippen molar-refractivity contribution < 1.29 is 8.42 Å². The molecule has 1 aromatic rings. The van der Waals surface area contributed by atoms with Gasteiger partial charge in [-0.1, -0.05) is 0 Å². The van der Waals surface area contributed by atoms with Crippen LogP contribution < -0.4 is 0 Å². The Hall–Kier alpha value is 0.380. The van der Waals surface area contributed by atoms with Crippen molar-refractivity contribution in [3.8, 4) is 0 Å². The Morgan fingerprint density at radius 3 is 2.71 bits per heavy atom. The normalized spacial score (nSPS) is 12.3. The van der Waals surface area contributed by atoms with Crippen molar-refractivity contribution >= 4 is 48.9 Å². The van der Waals surface area contributed by atoms with Gasteiger partial charge in [-0.25, -0.2) is 8.42 Å². The maximum Gasteiger partial charge on any atom is 0.253 e. The maximum absolute atomic E-state index is 11.9. The van der Waals surface area contributed by atoms with Crippen LogP contribution in [0.4, 0.5) is 0 Å². The van der Waals surface area contributed by atoms with Crippen LogP contribution in [0, 0.1) is 0 Å². The molecule has 0 bridgehead atoms. The third-order valence-electron chi connectivity index (χ3n) is 1.63. The molecule has 14 heavy (non-hydrogen) atoms. The molecule has 0 saturated heterocycles. The van der Waals surface area contributed by atoms with Gasteiger partial charge in [-0.15, -0.1) is 22.9 Å². The summed E-state index contributed by atoms with van der Waals surface area (Å²) in [4.78, 5) is 0. The summed E-state index contributed by atoms with van der Waals surface area (Å²) in [5.41, 5.74) is 0. The quantitative estimate of drug-likeness (QED) is 0.799. The van der Waals surface area contributed by atoms with E-state index in [0.717, 1.165) is 0 Å². The van der Waals surface area contributed by atoms with Crippen molar-refractivity contribution in [1.29, 1.82) is 0 Å². The van der Waals surface area contributed by atoms with E-state index in [1.807, 2.05) is 0 Å². The minimum atomic E-state index is -3.37. The average Bonchev–Trinajstić information content (AvgIpc) is 2.52. The van der Waals surface area contributed by atoms with Crippen LogP contribution in [0.25, 0.3) is 0 Å². The van der Waals surface area contributed by atoms with Crippen LogP contribution in [-0.2, 0) is 10.0 Å². The van der Waals surface area contributed by atoms with Gasteiger partial charge in [0.2, 0.25) is 0 Å². The Bertz CT molecular complexity index is 404. The van der Waals surface area contributed by atoms with Gasteiger partial charge in [-0.05, 0) is 27.4 Å². The molecule has 0 aliphatic carbocycles. The zero-order valence-electron chi connectivity index (χ0n) is 7.41. The molecule has 0 atom stereocenters. The van der Waals surface area contributed by atoms with Crippen LogP contribution in [0.15, 0.2) is 20.1 Å². The SMILES string of the molecule is CN(CCCl)S(=O)(=O)c1sccc1Br. The highest BCUT2D eigenvalue weighted by atomic mass is 79.9. The first kappa shape index (κ1) is 12.4. The van der Waals surface area contributed by atoms with Gasteiger partial charge in [0.05, 0.1) is 0 Å². The van der Waals surface area contributed by atoms with E-state index in [4.69, 9.17) is 11.6 Å². The average molecular weight is 319 g/mol. The highest BCUT2D eigenvalue weighted by molar-refractivity contribution is 9.10. The molecule has 0 spiro atoms. The van der Waals surface area contributed by atoms with E-state index < -0.39 is 10.0 Å². The third kappa shape index (κ3) is 2.49. The van der Waals surface area contributed by atoms with Gasteiger partial charge >= 0.3 is 0 Å². The predicted molar refractivity (Wildman–Crippen MR) is 62.6 cm³/mol. The van der Waals surface area contributed by atoms with Crippen LogP contribution in [0.5, 0.6) is 0 Å². The Morgan fingerprint density at radius 2 is 2.29 bits per heavy atom. The lowest BCUT2D eigenvalue weighted by molar-refractivity contribution is 0.489. The largest absolute Gasteiger partial charge is 0.253 e. The van der Waals surface area contributed by atoms with Gasteiger partial charge in [-0.2, -0.15) is 4.31 Å². The number of halogens is 2. The molecule has 0 unspecified atom stereocenters. The lowest BCUT2D eigenvalue weighted by Crippen LogP contribution is -2.28. The molecular formula is C7H9BrClNO2S2. The molecule has 80 valence electrons. The molecule has 0 N–H and O–H groups in total. The van der Waals surface area contributed by atoms with Gasteiger partial charge in [0.15, 0.2) is 0 Å². The summed E-state index contributed by atoms with van der Waals surface area (Å²) in [5, 5.41) is 1.73. The van der Waals surface area contributed by atoms with Gasteiger partial charge in [0.1, 0.15) is 4.21 Å². The van der Waals surface area contributed by atoms with Crippen molar-refractivity contribution in [2.75, 3.05) is 19.5 Å². The van der Waals surface area contributed by atoms with E-state index in [-0.39, 0.29) is 0 Å². The summed E-state index contributed by atoms with van der Waals surface area (Å²) in [6.07, 6.45) is 0. The number of sulfonamides is 1. The third-order valence-corrected chi connectivity index (χ3v) is 6.30. The molecule has 7 heteroatoms. The van der Waals surface area contributed by atoms with E-state index in [1.165, 1.54) is 22.7 Å². The van der Waals surface area contributed by atoms with Crippen LogP contribution >= 0.6 is 38.9 Å². The molecule has 1 heterocycles. The monoisotopic (exact) mass is 317 g/mol. The van der Waals surface area contributed by atoms with E-state index in [2.05, 4.69) is 15.9 Å². The van der Waals surface area contributed by atoms with Crippen LogP contribution in [0.3, 0.4) is 0 Å². The van der Waals surface area contributed by atoms with Crippen molar-refractivity contribution in [3.63, 3.8) is 0 Å². The molecule has 0 aliphatic heterocycles. The Kier molecular flexibility index (Phi) is 4.39. The molecule has 0 aromatic carbocycles. The highest BCUT2D eigenvalue weighted by Gasteiger charge is 2.23. The van der Waals surface area contributed by atoms with Crippen molar-refractivity contribution in [1.82, 2.24) is 4.31 Å². The van der Waals surface area contributed by atoms with E-state index in [1.54, 1.807) is 11.4 Å². The second-order valence-corrected chi connectivity index (χ2v) is 6.96. The highest BCUT2D eigenvalue weighted by Crippen LogP contribution is 2.29. The Labute approximate surface area is 101 Å². The van der Waals surface area contributed by atoms with Gasteiger partial charge in [-0.3, -0.25) is 0 Å². The minimum Gasteiger partial charge on any atom is -0.206 e. The number of hydrogen-bond acceptors (Lipinski definition) is 3. The molecule has 0 radical (unpaired) electrons. The summed E-state index contributed by atoms with van der Waals surface area (Å²) >= 11 is 9.87. The first-order valence-electron chi connectivity index (χ1n) is 3.75. The number of rotatable bonds is 4. The van der Waals surface area contributed by atoms with E-state index in [0.29, 0.717) is 21.1 Å². The smallest absolute Gasteiger partial charge is 0.206 e. The fourth-order valence-electron chi connectivity index (χ4n) is 0.845. The van der Waals surface area contributed by atoms with Crippen molar-refractivity contribution in [2.24, 2.45) is 0 Å². The zero-order chi connectivity index (χ0) is 10.8. The lowest BCUT2D eigenvalue weighted by atomic mass is 10.7. The first-order valence-corrected chi connectivity index (χ1v) is 7.40. The molecule has 0 amide bonds. The van der Waals surface area contributed by atoms with E-state index in [9.17, 15) is 8.42 Å². The molecule has 0 saturated carbocycles. The summed E-state index contributed by atoms with van der Waals surface area (Å²) in [6.45, 7) is 0.314. The second kappa shape index (κ2) is 4.94. The second-order valence-electron chi connectivity index (χ2n) is 2.57. The molecular weight excluding hydrogens is 310 g/mol. The fourth-order valence-corrected chi connectivity index (χ4v) is 4.87. The van der Waals surface area contributed by atoms with Crippen molar-refractivity contribution in [3.05, 3.63) is 15.9 Å². The van der Waals surface area contributed by atoms with Crippen LogP contribution in [0.2, 0.25) is 0 Å². The maximum atomic E-state index is 11.9. The lowest BCUT2D eigenvalue weighted by Gasteiger charge is -2.14. The molecule has 1 rings (SSSR count). The zero-order valence-corrected chi connectivity index (χ0v) is 11.4. The Morgan fingerprint density at radius 1 is 1.64 bits per heavy atom. The van der Waals surface area contributed by atoms with Crippen molar-refractivity contribution in [2.45, 2.75) is 4.21 Å². The number of thiophene rings is 1. The first-order chi connectivity index (χ1) is 6.50. The summed E-state index contributed by atoms with van der Waals surface area (Å²) in [5.74, 6) is 0.290.